The number of thioether (sulfide) groups is 1. The first kappa shape index (κ1) is 18.6. The van der Waals surface area contributed by atoms with Gasteiger partial charge in [0.2, 0.25) is 0 Å². The smallest absolute Gasteiger partial charge is 0.255 e. The lowest BCUT2D eigenvalue weighted by Gasteiger charge is -2.22. The minimum atomic E-state index is -0.287. The lowest BCUT2D eigenvalue weighted by atomic mass is 10.1. The molecule has 0 atom stereocenters. The first-order valence-corrected chi connectivity index (χ1v) is 10.2. The van der Waals surface area contributed by atoms with Crippen molar-refractivity contribution in [1.29, 1.82) is 0 Å². The van der Waals surface area contributed by atoms with E-state index in [9.17, 15) is 9.18 Å². The molecular weight excluding hydrogens is 367 g/mol. The molecule has 0 saturated carbocycles. The van der Waals surface area contributed by atoms with E-state index in [0.717, 1.165) is 21.9 Å². The summed E-state index contributed by atoms with van der Waals surface area (Å²) in [7, 11) is 0. The van der Waals surface area contributed by atoms with Crippen LogP contribution < -0.4 is 0 Å². The zero-order valence-corrected chi connectivity index (χ0v) is 16.0. The van der Waals surface area contributed by atoms with Crippen LogP contribution in [0.1, 0.15) is 28.5 Å². The van der Waals surface area contributed by atoms with E-state index >= 15 is 0 Å². The topological polar surface area (TPSA) is 33.2 Å². The van der Waals surface area contributed by atoms with Crippen molar-refractivity contribution in [1.82, 2.24) is 9.88 Å². The van der Waals surface area contributed by atoms with Crippen LogP contribution in [-0.2, 0) is 12.3 Å². The highest BCUT2D eigenvalue weighted by Crippen LogP contribution is 2.27. The zero-order valence-electron chi connectivity index (χ0n) is 14.4. The van der Waals surface area contributed by atoms with Crippen molar-refractivity contribution in [2.75, 3.05) is 6.54 Å². The van der Waals surface area contributed by atoms with E-state index in [2.05, 4.69) is 4.98 Å². The highest BCUT2D eigenvalue weighted by molar-refractivity contribution is 7.98. The Kier molecular flexibility index (Phi) is 6.41. The lowest BCUT2D eigenvalue weighted by molar-refractivity contribution is 0.0749. The normalized spacial score (nSPS) is 10.7. The summed E-state index contributed by atoms with van der Waals surface area (Å²) >= 11 is 3.17. The Morgan fingerprint density at radius 3 is 2.81 bits per heavy atom. The number of nitrogens with zero attached hydrogens (tertiary/aromatic N) is 2. The second kappa shape index (κ2) is 8.96. The molecule has 6 heteroatoms. The quantitative estimate of drug-likeness (QED) is 0.521. The van der Waals surface area contributed by atoms with Gasteiger partial charge < -0.3 is 4.90 Å². The van der Waals surface area contributed by atoms with E-state index in [1.165, 1.54) is 12.1 Å². The van der Waals surface area contributed by atoms with Crippen LogP contribution in [0.3, 0.4) is 0 Å². The lowest BCUT2D eigenvalue weighted by Crippen LogP contribution is -2.30. The monoisotopic (exact) mass is 386 g/mol. The van der Waals surface area contributed by atoms with E-state index in [4.69, 9.17) is 0 Å². The fourth-order valence-electron chi connectivity index (χ4n) is 2.58. The molecule has 0 radical (unpaired) electrons. The van der Waals surface area contributed by atoms with Crippen LogP contribution in [-0.4, -0.2) is 22.3 Å². The minimum absolute atomic E-state index is 0.0434. The Balaban J connectivity index is 1.76. The third-order valence-electron chi connectivity index (χ3n) is 3.91. The number of benzene rings is 2. The third kappa shape index (κ3) is 4.71. The van der Waals surface area contributed by atoms with Crippen molar-refractivity contribution >= 4 is 29.0 Å². The summed E-state index contributed by atoms with van der Waals surface area (Å²) in [5.74, 6) is 0.396. The standard InChI is InChI=1S/C20H19FN2OS2/c1-2-23(11-15-6-5-7-16(21)10-15)20(24)18-8-3-4-9-19(18)26-13-17-12-25-14-22-17/h3-10,12,14H,2,11,13H2,1H3. The molecule has 0 aliphatic rings. The van der Waals surface area contributed by atoms with Gasteiger partial charge in [0.25, 0.3) is 5.91 Å². The van der Waals surface area contributed by atoms with Crippen LogP contribution >= 0.6 is 23.1 Å². The second-order valence-electron chi connectivity index (χ2n) is 5.71. The van der Waals surface area contributed by atoms with Crippen molar-refractivity contribution in [3.8, 4) is 0 Å². The van der Waals surface area contributed by atoms with E-state index in [1.54, 1.807) is 34.1 Å². The molecule has 26 heavy (non-hydrogen) atoms. The average Bonchev–Trinajstić information content (AvgIpc) is 3.18. The van der Waals surface area contributed by atoms with Crippen molar-refractivity contribution < 1.29 is 9.18 Å². The van der Waals surface area contributed by atoms with Gasteiger partial charge in [-0.2, -0.15) is 0 Å². The molecule has 0 bridgehead atoms. The SMILES string of the molecule is CCN(Cc1cccc(F)c1)C(=O)c1ccccc1SCc1cscn1. The minimum Gasteiger partial charge on any atom is -0.335 e. The predicted molar refractivity (Wildman–Crippen MR) is 105 cm³/mol. The Hall–Kier alpha value is -2.18. The average molecular weight is 387 g/mol. The van der Waals surface area contributed by atoms with Crippen molar-refractivity contribution in [3.05, 3.63) is 82.1 Å². The molecule has 134 valence electrons. The first-order chi connectivity index (χ1) is 12.7. The van der Waals surface area contributed by atoms with E-state index < -0.39 is 0 Å². The molecule has 0 unspecified atom stereocenters. The van der Waals surface area contributed by atoms with E-state index in [1.807, 2.05) is 48.1 Å². The number of hydrogen-bond donors (Lipinski definition) is 0. The number of hydrogen-bond acceptors (Lipinski definition) is 4. The van der Waals surface area contributed by atoms with Crippen molar-refractivity contribution in [3.63, 3.8) is 0 Å². The second-order valence-corrected chi connectivity index (χ2v) is 7.45. The summed E-state index contributed by atoms with van der Waals surface area (Å²) in [6.07, 6.45) is 0. The number of rotatable bonds is 7. The fraction of sp³-hybridized carbons (Fsp3) is 0.200. The van der Waals surface area contributed by atoms with Gasteiger partial charge in [-0.05, 0) is 36.8 Å². The van der Waals surface area contributed by atoms with E-state index in [0.29, 0.717) is 18.7 Å². The van der Waals surface area contributed by atoms with Crippen LogP contribution in [0.25, 0.3) is 0 Å². The summed E-state index contributed by atoms with van der Waals surface area (Å²) in [6.45, 7) is 2.88. The van der Waals surface area contributed by atoms with Crippen molar-refractivity contribution in [2.24, 2.45) is 0 Å². The highest BCUT2D eigenvalue weighted by atomic mass is 32.2. The van der Waals surface area contributed by atoms with Gasteiger partial charge in [-0.3, -0.25) is 4.79 Å². The molecule has 0 aliphatic heterocycles. The van der Waals surface area contributed by atoms with Crippen LogP contribution in [0.5, 0.6) is 0 Å². The molecule has 0 saturated heterocycles. The van der Waals surface area contributed by atoms with Gasteiger partial charge in [0, 0.05) is 29.1 Å². The van der Waals surface area contributed by atoms with Crippen LogP contribution in [0.15, 0.2) is 64.3 Å². The maximum atomic E-state index is 13.4. The number of carbonyl (C=O) groups is 1. The number of halogens is 1. The maximum Gasteiger partial charge on any atom is 0.255 e. The van der Waals surface area contributed by atoms with Gasteiger partial charge in [0.15, 0.2) is 0 Å². The number of aromatic nitrogens is 1. The van der Waals surface area contributed by atoms with Gasteiger partial charge in [-0.1, -0.05) is 24.3 Å². The molecule has 1 amide bonds. The largest absolute Gasteiger partial charge is 0.335 e. The van der Waals surface area contributed by atoms with Crippen LogP contribution in [0, 0.1) is 5.82 Å². The van der Waals surface area contributed by atoms with Gasteiger partial charge >= 0.3 is 0 Å². The van der Waals surface area contributed by atoms with Crippen molar-refractivity contribution in [2.45, 2.75) is 24.1 Å². The Labute approximate surface area is 160 Å². The molecule has 0 aliphatic carbocycles. The molecule has 3 nitrogen and oxygen atoms in total. The van der Waals surface area contributed by atoms with Gasteiger partial charge in [-0.15, -0.1) is 23.1 Å². The summed E-state index contributed by atoms with van der Waals surface area (Å²) < 4.78 is 13.4. The molecule has 0 spiro atoms. The van der Waals surface area contributed by atoms with Gasteiger partial charge in [0.1, 0.15) is 5.82 Å². The first-order valence-electron chi connectivity index (χ1n) is 8.30. The zero-order chi connectivity index (χ0) is 18.4. The molecule has 0 fully saturated rings. The number of thiazole rings is 1. The highest BCUT2D eigenvalue weighted by Gasteiger charge is 2.18. The number of carbonyl (C=O) groups excluding carboxylic acids is 1. The molecule has 2 aromatic carbocycles. The Bertz CT molecular complexity index is 868. The van der Waals surface area contributed by atoms with Crippen LogP contribution in [0.4, 0.5) is 4.39 Å². The van der Waals surface area contributed by atoms with E-state index in [-0.39, 0.29) is 11.7 Å². The summed E-state index contributed by atoms with van der Waals surface area (Å²) in [6, 6.07) is 14.0. The molecule has 3 rings (SSSR count). The number of amides is 1. The third-order valence-corrected chi connectivity index (χ3v) is 5.65. The molecular formula is C20H19FN2OS2. The Morgan fingerprint density at radius 2 is 2.08 bits per heavy atom. The van der Waals surface area contributed by atoms with Gasteiger partial charge in [0.05, 0.1) is 16.8 Å². The summed E-state index contributed by atoms with van der Waals surface area (Å²) in [4.78, 5) is 20.0. The Morgan fingerprint density at radius 1 is 1.23 bits per heavy atom. The molecule has 1 heterocycles. The maximum absolute atomic E-state index is 13.4. The summed E-state index contributed by atoms with van der Waals surface area (Å²) in [5.41, 5.74) is 4.28. The van der Waals surface area contributed by atoms with Crippen LogP contribution in [0.2, 0.25) is 0 Å². The predicted octanol–water partition coefficient (Wildman–Crippen LogP) is 5.24. The molecule has 0 N–H and O–H groups in total. The fourth-order valence-corrected chi connectivity index (χ4v) is 4.19. The molecule has 3 aromatic rings. The molecule has 1 aromatic heterocycles. The summed E-state index contributed by atoms with van der Waals surface area (Å²) in [5, 5.41) is 2.01. The van der Waals surface area contributed by atoms with Gasteiger partial charge in [-0.25, -0.2) is 9.37 Å².